The van der Waals surface area contributed by atoms with Crippen LogP contribution in [0, 0.1) is 5.82 Å². The molecule has 118 valence electrons. The van der Waals surface area contributed by atoms with Crippen molar-refractivity contribution in [1.82, 2.24) is 19.7 Å². The summed E-state index contributed by atoms with van der Waals surface area (Å²) in [5, 5.41) is 4.50. The van der Waals surface area contributed by atoms with Crippen LogP contribution >= 0.6 is 0 Å². The Balaban J connectivity index is 1.93. The van der Waals surface area contributed by atoms with Gasteiger partial charge in [-0.25, -0.2) is 9.37 Å². The van der Waals surface area contributed by atoms with E-state index >= 15 is 0 Å². The standard InChI is InChI=1S/C16H10FN5O2/c17-11-5-2-1-4-9(11)15(23)22-14-10(8-19-22)13(20-16(18)21-14)12-6-3-7-24-12/h1-8H,(H2,18,20,21). The molecule has 0 atom stereocenters. The monoisotopic (exact) mass is 323 g/mol. The van der Waals surface area contributed by atoms with E-state index in [9.17, 15) is 9.18 Å². The summed E-state index contributed by atoms with van der Waals surface area (Å²) in [5.74, 6) is -0.866. The molecule has 3 aromatic heterocycles. The summed E-state index contributed by atoms with van der Waals surface area (Å²) in [6.07, 6.45) is 2.92. The zero-order valence-corrected chi connectivity index (χ0v) is 12.2. The first-order valence-corrected chi connectivity index (χ1v) is 6.99. The predicted molar refractivity (Wildman–Crippen MR) is 83.6 cm³/mol. The number of aromatic nitrogens is 4. The largest absolute Gasteiger partial charge is 0.463 e. The van der Waals surface area contributed by atoms with Gasteiger partial charge in [0.25, 0.3) is 5.91 Å². The van der Waals surface area contributed by atoms with Gasteiger partial charge in [0.05, 0.1) is 23.4 Å². The van der Waals surface area contributed by atoms with Crippen LogP contribution in [0.1, 0.15) is 10.4 Å². The fourth-order valence-electron chi connectivity index (χ4n) is 2.42. The number of hydrogen-bond donors (Lipinski definition) is 1. The van der Waals surface area contributed by atoms with Crippen LogP contribution in [0.2, 0.25) is 0 Å². The average Bonchev–Trinajstić information content (AvgIpc) is 3.23. The smallest absolute Gasteiger partial charge is 0.283 e. The number of carbonyl (C=O) groups is 1. The van der Waals surface area contributed by atoms with E-state index in [0.29, 0.717) is 16.8 Å². The van der Waals surface area contributed by atoms with Crippen molar-refractivity contribution < 1.29 is 13.6 Å². The van der Waals surface area contributed by atoms with Crippen molar-refractivity contribution in [2.75, 3.05) is 5.73 Å². The van der Waals surface area contributed by atoms with E-state index in [1.807, 2.05) is 0 Å². The van der Waals surface area contributed by atoms with Crippen LogP contribution in [0.3, 0.4) is 0 Å². The lowest BCUT2D eigenvalue weighted by molar-refractivity contribution is 0.0946. The molecule has 0 radical (unpaired) electrons. The van der Waals surface area contributed by atoms with Gasteiger partial charge in [-0.15, -0.1) is 0 Å². The molecule has 7 nitrogen and oxygen atoms in total. The van der Waals surface area contributed by atoms with E-state index in [4.69, 9.17) is 10.2 Å². The second-order valence-electron chi connectivity index (χ2n) is 4.99. The predicted octanol–water partition coefficient (Wildman–Crippen LogP) is 2.50. The number of nitrogens with two attached hydrogens (primary N) is 1. The molecule has 2 N–H and O–H groups in total. The van der Waals surface area contributed by atoms with Crippen LogP contribution in [0.15, 0.2) is 53.3 Å². The first kappa shape index (κ1) is 14.1. The fourth-order valence-corrected chi connectivity index (χ4v) is 2.42. The van der Waals surface area contributed by atoms with Gasteiger partial charge in [-0.05, 0) is 24.3 Å². The maximum Gasteiger partial charge on any atom is 0.283 e. The second-order valence-corrected chi connectivity index (χ2v) is 4.99. The van der Waals surface area contributed by atoms with Crippen molar-refractivity contribution in [3.05, 3.63) is 60.2 Å². The van der Waals surface area contributed by atoms with E-state index in [1.54, 1.807) is 18.2 Å². The first-order chi connectivity index (χ1) is 11.6. The third-order valence-corrected chi connectivity index (χ3v) is 3.50. The molecule has 0 spiro atoms. The molecule has 0 saturated carbocycles. The number of anilines is 1. The topological polar surface area (TPSA) is 99.8 Å². The molecule has 24 heavy (non-hydrogen) atoms. The van der Waals surface area contributed by atoms with Gasteiger partial charge in [-0.2, -0.15) is 14.8 Å². The summed E-state index contributed by atoms with van der Waals surface area (Å²) in [5.41, 5.74) is 6.22. The van der Waals surface area contributed by atoms with Crippen molar-refractivity contribution in [1.29, 1.82) is 0 Å². The molecule has 0 aliphatic heterocycles. The molecule has 0 aliphatic rings. The van der Waals surface area contributed by atoms with Gasteiger partial charge in [-0.1, -0.05) is 12.1 Å². The van der Waals surface area contributed by atoms with Gasteiger partial charge in [0.15, 0.2) is 11.4 Å². The van der Waals surface area contributed by atoms with E-state index in [0.717, 1.165) is 4.68 Å². The molecule has 4 rings (SSSR count). The first-order valence-electron chi connectivity index (χ1n) is 6.99. The fraction of sp³-hybridized carbons (Fsp3) is 0. The molecule has 0 fully saturated rings. The summed E-state index contributed by atoms with van der Waals surface area (Å²) in [4.78, 5) is 20.8. The van der Waals surface area contributed by atoms with E-state index < -0.39 is 11.7 Å². The zero-order valence-electron chi connectivity index (χ0n) is 12.2. The third kappa shape index (κ3) is 2.12. The second kappa shape index (κ2) is 5.27. The van der Waals surface area contributed by atoms with E-state index in [-0.39, 0.29) is 17.2 Å². The number of nitrogens with zero attached hydrogens (tertiary/aromatic N) is 4. The lowest BCUT2D eigenvalue weighted by Gasteiger charge is -2.04. The van der Waals surface area contributed by atoms with Crippen LogP contribution < -0.4 is 5.73 Å². The van der Waals surface area contributed by atoms with Crippen molar-refractivity contribution in [3.8, 4) is 11.5 Å². The SMILES string of the molecule is Nc1nc(-c2ccco2)c2cnn(C(=O)c3ccccc3F)c2n1. The Bertz CT molecular complexity index is 1060. The van der Waals surface area contributed by atoms with Gasteiger partial charge >= 0.3 is 0 Å². The molecule has 0 unspecified atom stereocenters. The van der Waals surface area contributed by atoms with Crippen molar-refractivity contribution in [2.45, 2.75) is 0 Å². The van der Waals surface area contributed by atoms with Crippen LogP contribution in [-0.4, -0.2) is 25.7 Å². The molecule has 0 aliphatic carbocycles. The molecule has 3 heterocycles. The maximum atomic E-state index is 13.9. The highest BCUT2D eigenvalue weighted by Crippen LogP contribution is 2.27. The van der Waals surface area contributed by atoms with Crippen LogP contribution in [0.25, 0.3) is 22.5 Å². The van der Waals surface area contributed by atoms with Crippen molar-refractivity contribution >= 4 is 22.9 Å². The number of nitrogen functional groups attached to an aromatic ring is 1. The molecule has 4 aromatic rings. The third-order valence-electron chi connectivity index (χ3n) is 3.50. The number of furan rings is 1. The summed E-state index contributed by atoms with van der Waals surface area (Å²) in [7, 11) is 0. The lowest BCUT2D eigenvalue weighted by atomic mass is 10.2. The summed E-state index contributed by atoms with van der Waals surface area (Å²) >= 11 is 0. The Kier molecular flexibility index (Phi) is 3.09. The lowest BCUT2D eigenvalue weighted by Crippen LogP contribution is -2.16. The minimum absolute atomic E-state index is 0.0445. The zero-order chi connectivity index (χ0) is 16.7. The molecule has 0 bridgehead atoms. The Morgan fingerprint density at radius 3 is 2.75 bits per heavy atom. The van der Waals surface area contributed by atoms with Gasteiger partial charge < -0.3 is 10.2 Å². The Hall–Kier alpha value is -3.55. The molecule has 0 saturated heterocycles. The Morgan fingerprint density at radius 1 is 1.17 bits per heavy atom. The molecular formula is C16H10FN5O2. The van der Waals surface area contributed by atoms with E-state index in [1.165, 1.54) is 30.7 Å². The maximum absolute atomic E-state index is 13.9. The molecule has 0 amide bonds. The normalized spacial score (nSPS) is 11.0. The highest BCUT2D eigenvalue weighted by atomic mass is 19.1. The number of hydrogen-bond acceptors (Lipinski definition) is 6. The van der Waals surface area contributed by atoms with Gasteiger partial charge in [0.2, 0.25) is 5.95 Å². The number of carbonyl (C=O) groups excluding carboxylic acids is 1. The van der Waals surface area contributed by atoms with Crippen LogP contribution in [0.4, 0.5) is 10.3 Å². The van der Waals surface area contributed by atoms with Crippen molar-refractivity contribution in [3.63, 3.8) is 0 Å². The summed E-state index contributed by atoms with van der Waals surface area (Å²) < 4.78 is 20.2. The number of fused-ring (bicyclic) bond motifs is 1. The number of rotatable bonds is 2. The number of halogens is 1. The summed E-state index contributed by atoms with van der Waals surface area (Å²) in [6.45, 7) is 0. The highest BCUT2D eigenvalue weighted by Gasteiger charge is 2.21. The Morgan fingerprint density at radius 2 is 2.00 bits per heavy atom. The highest BCUT2D eigenvalue weighted by molar-refractivity contribution is 6.02. The summed E-state index contributed by atoms with van der Waals surface area (Å²) in [6, 6.07) is 9.06. The average molecular weight is 323 g/mol. The molecule has 1 aromatic carbocycles. The Labute approximate surface area is 134 Å². The van der Waals surface area contributed by atoms with Gasteiger partial charge in [0.1, 0.15) is 11.5 Å². The van der Waals surface area contributed by atoms with Crippen molar-refractivity contribution in [2.24, 2.45) is 0 Å². The van der Waals surface area contributed by atoms with Gasteiger partial charge in [0, 0.05) is 0 Å². The number of benzene rings is 1. The molecule has 8 heteroatoms. The minimum atomic E-state index is -0.647. The minimum Gasteiger partial charge on any atom is -0.463 e. The van der Waals surface area contributed by atoms with Gasteiger partial charge in [-0.3, -0.25) is 4.79 Å². The molecular weight excluding hydrogens is 313 g/mol. The van der Waals surface area contributed by atoms with Crippen LogP contribution in [-0.2, 0) is 0 Å². The quantitative estimate of drug-likeness (QED) is 0.608. The van der Waals surface area contributed by atoms with Crippen LogP contribution in [0.5, 0.6) is 0 Å². The van der Waals surface area contributed by atoms with E-state index in [2.05, 4.69) is 15.1 Å².